The first kappa shape index (κ1) is 16.2. The fraction of sp³-hybridized carbons (Fsp3) is 0.667. The van der Waals surface area contributed by atoms with Crippen molar-refractivity contribution in [3.05, 3.63) is 23.8 Å². The Kier molecular flexibility index (Phi) is 5.92. The lowest BCUT2D eigenvalue weighted by Gasteiger charge is -2.16. The van der Waals surface area contributed by atoms with Gasteiger partial charge < -0.3 is 14.2 Å². The van der Waals surface area contributed by atoms with Crippen LogP contribution in [-0.4, -0.2) is 25.9 Å². The SMILES string of the molecule is CC(C)COc1ccc(CCC2CO2)cc1OCC(C)C. The lowest BCUT2D eigenvalue weighted by molar-refractivity contribution is 0.229. The third kappa shape index (κ3) is 5.96. The van der Waals surface area contributed by atoms with Crippen LogP contribution in [-0.2, 0) is 11.2 Å². The normalized spacial score (nSPS) is 17.3. The van der Waals surface area contributed by atoms with Crippen LogP contribution in [0.15, 0.2) is 18.2 Å². The third-order valence-corrected chi connectivity index (χ3v) is 3.31. The molecule has 0 saturated carbocycles. The summed E-state index contributed by atoms with van der Waals surface area (Å²) >= 11 is 0. The van der Waals surface area contributed by atoms with Crippen LogP contribution in [0.25, 0.3) is 0 Å². The highest BCUT2D eigenvalue weighted by atomic mass is 16.6. The molecule has 2 rings (SSSR count). The van der Waals surface area contributed by atoms with E-state index >= 15 is 0 Å². The van der Waals surface area contributed by atoms with Crippen molar-refractivity contribution in [1.29, 1.82) is 0 Å². The molecule has 1 saturated heterocycles. The van der Waals surface area contributed by atoms with Crippen LogP contribution < -0.4 is 9.47 Å². The molecule has 1 atom stereocenters. The van der Waals surface area contributed by atoms with Crippen LogP contribution >= 0.6 is 0 Å². The van der Waals surface area contributed by atoms with Gasteiger partial charge >= 0.3 is 0 Å². The number of benzene rings is 1. The van der Waals surface area contributed by atoms with Crippen LogP contribution in [0.4, 0.5) is 0 Å². The van der Waals surface area contributed by atoms with Crippen LogP contribution in [0.3, 0.4) is 0 Å². The quantitative estimate of drug-likeness (QED) is 0.642. The number of aryl methyl sites for hydroxylation is 1. The van der Waals surface area contributed by atoms with Crippen LogP contribution in [0.1, 0.15) is 39.7 Å². The molecule has 0 amide bonds. The second kappa shape index (κ2) is 7.69. The summed E-state index contributed by atoms with van der Waals surface area (Å²) in [7, 11) is 0. The van der Waals surface area contributed by atoms with Gasteiger partial charge in [-0.15, -0.1) is 0 Å². The first-order valence-corrected chi connectivity index (χ1v) is 8.04. The molecule has 118 valence electrons. The van der Waals surface area contributed by atoms with Crippen molar-refractivity contribution in [3.63, 3.8) is 0 Å². The predicted octanol–water partition coefficient (Wildman–Crippen LogP) is 4.09. The van der Waals surface area contributed by atoms with E-state index in [-0.39, 0.29) is 0 Å². The van der Waals surface area contributed by atoms with Crippen LogP contribution in [0.5, 0.6) is 11.5 Å². The number of hydrogen-bond acceptors (Lipinski definition) is 3. The highest BCUT2D eigenvalue weighted by Gasteiger charge is 2.21. The van der Waals surface area contributed by atoms with Gasteiger partial charge in [0.2, 0.25) is 0 Å². The zero-order valence-corrected chi connectivity index (χ0v) is 13.7. The Morgan fingerprint density at radius 3 is 2.24 bits per heavy atom. The summed E-state index contributed by atoms with van der Waals surface area (Å²) in [6.45, 7) is 11.0. The van der Waals surface area contributed by atoms with Crippen molar-refractivity contribution in [2.75, 3.05) is 19.8 Å². The van der Waals surface area contributed by atoms with Crippen molar-refractivity contribution in [2.24, 2.45) is 11.8 Å². The maximum atomic E-state index is 5.94. The Labute approximate surface area is 128 Å². The van der Waals surface area contributed by atoms with E-state index in [1.807, 2.05) is 6.07 Å². The fourth-order valence-electron chi connectivity index (χ4n) is 2.02. The van der Waals surface area contributed by atoms with Crippen LogP contribution in [0.2, 0.25) is 0 Å². The topological polar surface area (TPSA) is 31.0 Å². The van der Waals surface area contributed by atoms with Gasteiger partial charge in [-0.1, -0.05) is 33.8 Å². The Morgan fingerprint density at radius 2 is 1.67 bits per heavy atom. The molecule has 1 aromatic carbocycles. The molecule has 3 heteroatoms. The second-order valence-electron chi connectivity index (χ2n) is 6.68. The van der Waals surface area contributed by atoms with Crippen molar-refractivity contribution < 1.29 is 14.2 Å². The molecule has 0 N–H and O–H groups in total. The maximum absolute atomic E-state index is 5.94. The largest absolute Gasteiger partial charge is 0.489 e. The maximum Gasteiger partial charge on any atom is 0.161 e. The molecule has 0 aromatic heterocycles. The van der Waals surface area contributed by atoms with Gasteiger partial charge in [0.1, 0.15) is 0 Å². The Morgan fingerprint density at radius 1 is 1.05 bits per heavy atom. The molecule has 1 aliphatic rings. The molecule has 0 bridgehead atoms. The number of ether oxygens (including phenoxy) is 3. The van der Waals surface area contributed by atoms with Crippen molar-refractivity contribution in [2.45, 2.75) is 46.6 Å². The molecule has 0 aliphatic carbocycles. The van der Waals surface area contributed by atoms with E-state index < -0.39 is 0 Å². The molecule has 1 aromatic rings. The highest BCUT2D eigenvalue weighted by molar-refractivity contribution is 5.43. The summed E-state index contributed by atoms with van der Waals surface area (Å²) in [6, 6.07) is 6.31. The van der Waals surface area contributed by atoms with Crippen molar-refractivity contribution in [1.82, 2.24) is 0 Å². The first-order chi connectivity index (χ1) is 10.0. The minimum Gasteiger partial charge on any atom is -0.489 e. The van der Waals surface area contributed by atoms with Gasteiger partial charge in [0.05, 0.1) is 25.9 Å². The first-order valence-electron chi connectivity index (χ1n) is 8.04. The van der Waals surface area contributed by atoms with Gasteiger partial charge in [0.25, 0.3) is 0 Å². The minimum atomic E-state index is 0.474. The summed E-state index contributed by atoms with van der Waals surface area (Å²) in [6.07, 6.45) is 2.60. The smallest absolute Gasteiger partial charge is 0.161 e. The average Bonchev–Trinajstić information content (AvgIpc) is 3.25. The number of rotatable bonds is 9. The fourth-order valence-corrected chi connectivity index (χ4v) is 2.02. The lowest BCUT2D eigenvalue weighted by atomic mass is 10.1. The van der Waals surface area contributed by atoms with Gasteiger partial charge in [-0.05, 0) is 42.4 Å². The Balaban J connectivity index is 2.01. The molecule has 0 spiro atoms. The summed E-state index contributed by atoms with van der Waals surface area (Å²) in [4.78, 5) is 0. The zero-order chi connectivity index (χ0) is 15.2. The van der Waals surface area contributed by atoms with Crippen molar-refractivity contribution >= 4 is 0 Å². The Bertz CT molecular complexity index is 436. The summed E-state index contributed by atoms with van der Waals surface area (Å²) < 4.78 is 17.1. The Hall–Kier alpha value is -1.22. The molecule has 1 fully saturated rings. The highest BCUT2D eigenvalue weighted by Crippen LogP contribution is 2.30. The summed E-state index contributed by atoms with van der Waals surface area (Å²) in [5.74, 6) is 2.75. The van der Waals surface area contributed by atoms with Crippen molar-refractivity contribution in [3.8, 4) is 11.5 Å². The molecule has 0 radical (unpaired) electrons. The zero-order valence-electron chi connectivity index (χ0n) is 13.7. The average molecular weight is 292 g/mol. The number of hydrogen-bond donors (Lipinski definition) is 0. The van der Waals surface area contributed by atoms with E-state index in [0.717, 1.165) is 30.9 Å². The molecule has 1 heterocycles. The van der Waals surface area contributed by atoms with E-state index in [2.05, 4.69) is 39.8 Å². The van der Waals surface area contributed by atoms with Gasteiger partial charge in [-0.3, -0.25) is 0 Å². The molecule has 3 nitrogen and oxygen atoms in total. The standard InChI is InChI=1S/C18H28O3/c1-13(2)10-20-17-8-6-15(5-7-16-12-19-16)9-18(17)21-11-14(3)4/h6,8-9,13-14,16H,5,7,10-12H2,1-4H3. The monoisotopic (exact) mass is 292 g/mol. The molecule has 21 heavy (non-hydrogen) atoms. The van der Waals surface area contributed by atoms with E-state index in [4.69, 9.17) is 14.2 Å². The van der Waals surface area contributed by atoms with Crippen LogP contribution in [0, 0.1) is 11.8 Å². The molecule has 1 aliphatic heterocycles. The van der Waals surface area contributed by atoms with Gasteiger partial charge in [0.15, 0.2) is 11.5 Å². The molecular weight excluding hydrogens is 264 g/mol. The van der Waals surface area contributed by atoms with E-state index in [1.165, 1.54) is 5.56 Å². The van der Waals surface area contributed by atoms with Gasteiger partial charge in [-0.2, -0.15) is 0 Å². The number of epoxide rings is 1. The van der Waals surface area contributed by atoms with Gasteiger partial charge in [0, 0.05) is 0 Å². The second-order valence-corrected chi connectivity index (χ2v) is 6.68. The van der Waals surface area contributed by atoms with Gasteiger partial charge in [-0.25, -0.2) is 0 Å². The lowest BCUT2D eigenvalue weighted by Crippen LogP contribution is -2.09. The molecule has 1 unspecified atom stereocenters. The molecular formula is C18H28O3. The third-order valence-electron chi connectivity index (χ3n) is 3.31. The minimum absolute atomic E-state index is 0.474. The summed E-state index contributed by atoms with van der Waals surface area (Å²) in [5.41, 5.74) is 1.29. The van der Waals surface area contributed by atoms with E-state index in [9.17, 15) is 0 Å². The van der Waals surface area contributed by atoms with E-state index in [1.54, 1.807) is 0 Å². The van der Waals surface area contributed by atoms with E-state index in [0.29, 0.717) is 31.2 Å². The predicted molar refractivity (Wildman–Crippen MR) is 85.2 cm³/mol. The summed E-state index contributed by atoms with van der Waals surface area (Å²) in [5, 5.41) is 0.